The molecule has 3 heterocycles. The van der Waals surface area contributed by atoms with Gasteiger partial charge in [-0.2, -0.15) is 11.3 Å². The number of hydrogen-bond donors (Lipinski definition) is 2. The second-order valence-corrected chi connectivity index (χ2v) is 6.75. The summed E-state index contributed by atoms with van der Waals surface area (Å²) in [6.07, 6.45) is 0.0705. The standard InChI is InChI=1S/C17H18N2O4S/c1-11-13(2-3-14(18-11)12-4-9-24-10-12)15(20)19-7-5-17(23,6-8-19)16(21)22/h2-4,9-10,23H,5-8H2,1H3,(H,21,22). The van der Waals surface area contributed by atoms with E-state index in [0.717, 1.165) is 11.3 Å². The quantitative estimate of drug-likeness (QED) is 0.889. The van der Waals surface area contributed by atoms with Crippen LogP contribution in [0.3, 0.4) is 0 Å². The van der Waals surface area contributed by atoms with Gasteiger partial charge in [-0.25, -0.2) is 4.79 Å². The number of pyridine rings is 1. The first-order valence-electron chi connectivity index (χ1n) is 7.66. The smallest absolute Gasteiger partial charge is 0.335 e. The summed E-state index contributed by atoms with van der Waals surface area (Å²) in [4.78, 5) is 29.8. The summed E-state index contributed by atoms with van der Waals surface area (Å²) in [6, 6.07) is 5.56. The van der Waals surface area contributed by atoms with Gasteiger partial charge in [0.1, 0.15) is 0 Å². The van der Waals surface area contributed by atoms with E-state index in [2.05, 4.69) is 4.98 Å². The predicted molar refractivity (Wildman–Crippen MR) is 90.0 cm³/mol. The summed E-state index contributed by atoms with van der Waals surface area (Å²) < 4.78 is 0. The number of carbonyl (C=O) groups is 2. The molecule has 1 saturated heterocycles. The lowest BCUT2D eigenvalue weighted by molar-refractivity contribution is -0.162. The molecule has 2 aromatic rings. The van der Waals surface area contributed by atoms with Crippen molar-refractivity contribution in [2.75, 3.05) is 13.1 Å². The van der Waals surface area contributed by atoms with Crippen molar-refractivity contribution in [3.8, 4) is 11.3 Å². The van der Waals surface area contributed by atoms with Gasteiger partial charge in [-0.15, -0.1) is 0 Å². The summed E-state index contributed by atoms with van der Waals surface area (Å²) >= 11 is 1.59. The number of aliphatic hydroxyl groups is 1. The molecule has 0 spiro atoms. The minimum absolute atomic E-state index is 0.0353. The fraction of sp³-hybridized carbons (Fsp3) is 0.353. The minimum atomic E-state index is -1.73. The van der Waals surface area contributed by atoms with Crippen molar-refractivity contribution in [2.45, 2.75) is 25.4 Å². The number of carboxylic acid groups (broad SMARTS) is 1. The molecule has 0 atom stereocenters. The predicted octanol–water partition coefficient (Wildman–Crippen LogP) is 2.17. The van der Waals surface area contributed by atoms with Gasteiger partial charge in [0.25, 0.3) is 5.91 Å². The Morgan fingerprint density at radius 1 is 1.25 bits per heavy atom. The Hall–Kier alpha value is -2.25. The molecule has 6 nitrogen and oxygen atoms in total. The number of carboxylic acids is 1. The molecule has 2 aromatic heterocycles. The number of rotatable bonds is 3. The van der Waals surface area contributed by atoms with E-state index in [-0.39, 0.29) is 31.8 Å². The number of aliphatic carboxylic acids is 1. The highest BCUT2D eigenvalue weighted by Gasteiger charge is 2.40. The number of likely N-dealkylation sites (tertiary alicyclic amines) is 1. The van der Waals surface area contributed by atoms with Gasteiger partial charge in [-0.1, -0.05) is 0 Å². The van der Waals surface area contributed by atoms with E-state index in [9.17, 15) is 14.7 Å². The molecular formula is C17H18N2O4S. The van der Waals surface area contributed by atoms with Crippen LogP contribution in [0.15, 0.2) is 29.0 Å². The molecule has 2 N–H and O–H groups in total. The maximum Gasteiger partial charge on any atom is 0.335 e. The van der Waals surface area contributed by atoms with E-state index in [1.54, 1.807) is 29.2 Å². The molecule has 126 valence electrons. The van der Waals surface area contributed by atoms with Crippen molar-refractivity contribution in [3.63, 3.8) is 0 Å². The Labute approximate surface area is 143 Å². The number of thiophene rings is 1. The average Bonchev–Trinajstić information content (AvgIpc) is 3.09. The summed E-state index contributed by atoms with van der Waals surface area (Å²) in [5, 5.41) is 23.0. The molecule has 0 aliphatic carbocycles. The second-order valence-electron chi connectivity index (χ2n) is 5.97. The molecule has 7 heteroatoms. The molecule has 0 radical (unpaired) electrons. The van der Waals surface area contributed by atoms with Crippen LogP contribution < -0.4 is 0 Å². The Bertz CT molecular complexity index is 765. The number of hydrogen-bond acceptors (Lipinski definition) is 5. The van der Waals surface area contributed by atoms with Crippen LogP contribution in [0.4, 0.5) is 0 Å². The Kier molecular flexibility index (Phi) is 4.38. The van der Waals surface area contributed by atoms with E-state index in [1.807, 2.05) is 22.9 Å². The van der Waals surface area contributed by atoms with Gasteiger partial charge in [-0.3, -0.25) is 9.78 Å². The molecule has 0 bridgehead atoms. The van der Waals surface area contributed by atoms with Crippen LogP contribution in [-0.4, -0.2) is 50.7 Å². The first-order valence-corrected chi connectivity index (χ1v) is 8.60. The fourth-order valence-corrected chi connectivity index (χ4v) is 3.47. The maximum absolute atomic E-state index is 12.7. The highest BCUT2D eigenvalue weighted by molar-refractivity contribution is 7.08. The summed E-state index contributed by atoms with van der Waals surface area (Å²) in [6.45, 7) is 2.22. The molecule has 1 amide bonds. The van der Waals surface area contributed by atoms with Crippen LogP contribution in [0.25, 0.3) is 11.3 Å². The van der Waals surface area contributed by atoms with Gasteiger partial charge >= 0.3 is 5.97 Å². The zero-order valence-electron chi connectivity index (χ0n) is 13.2. The average molecular weight is 346 g/mol. The summed E-state index contributed by atoms with van der Waals surface area (Å²) in [7, 11) is 0. The van der Waals surface area contributed by atoms with Gasteiger partial charge in [0, 0.05) is 36.9 Å². The van der Waals surface area contributed by atoms with Gasteiger partial charge < -0.3 is 15.1 Å². The van der Waals surface area contributed by atoms with E-state index in [4.69, 9.17) is 5.11 Å². The third-order valence-electron chi connectivity index (χ3n) is 4.41. The van der Waals surface area contributed by atoms with Gasteiger partial charge in [0.15, 0.2) is 5.60 Å². The lowest BCUT2D eigenvalue weighted by atomic mass is 9.91. The monoisotopic (exact) mass is 346 g/mol. The van der Waals surface area contributed by atoms with Crippen LogP contribution in [0.2, 0.25) is 0 Å². The largest absolute Gasteiger partial charge is 0.479 e. The highest BCUT2D eigenvalue weighted by Crippen LogP contribution is 2.25. The van der Waals surface area contributed by atoms with Gasteiger partial charge in [0.05, 0.1) is 17.0 Å². The van der Waals surface area contributed by atoms with Gasteiger partial charge in [-0.05, 0) is 30.5 Å². The molecule has 1 aliphatic rings. The zero-order chi connectivity index (χ0) is 17.3. The molecule has 1 fully saturated rings. The number of amides is 1. The number of aryl methyl sites for hydroxylation is 1. The van der Waals surface area contributed by atoms with Crippen molar-refractivity contribution in [2.24, 2.45) is 0 Å². The van der Waals surface area contributed by atoms with E-state index in [1.165, 1.54) is 0 Å². The fourth-order valence-electron chi connectivity index (χ4n) is 2.82. The van der Waals surface area contributed by atoms with E-state index >= 15 is 0 Å². The van der Waals surface area contributed by atoms with Crippen LogP contribution in [-0.2, 0) is 4.79 Å². The second kappa shape index (κ2) is 6.33. The molecule has 0 unspecified atom stereocenters. The summed E-state index contributed by atoms with van der Waals surface area (Å²) in [5.41, 5.74) is 1.26. The van der Waals surface area contributed by atoms with E-state index < -0.39 is 11.6 Å². The molecular weight excluding hydrogens is 328 g/mol. The third-order valence-corrected chi connectivity index (χ3v) is 5.09. The molecule has 1 aliphatic heterocycles. The Morgan fingerprint density at radius 3 is 2.50 bits per heavy atom. The SMILES string of the molecule is Cc1nc(-c2ccsc2)ccc1C(=O)N1CCC(O)(C(=O)O)CC1. The van der Waals surface area contributed by atoms with Crippen LogP contribution >= 0.6 is 11.3 Å². The van der Waals surface area contributed by atoms with Crippen LogP contribution in [0.5, 0.6) is 0 Å². The lowest BCUT2D eigenvalue weighted by Crippen LogP contribution is -2.50. The van der Waals surface area contributed by atoms with Crippen molar-refractivity contribution in [1.29, 1.82) is 0 Å². The Morgan fingerprint density at radius 2 is 1.96 bits per heavy atom. The van der Waals surface area contributed by atoms with Crippen LogP contribution in [0.1, 0.15) is 28.9 Å². The van der Waals surface area contributed by atoms with Crippen molar-refractivity contribution in [1.82, 2.24) is 9.88 Å². The first-order chi connectivity index (χ1) is 11.4. The van der Waals surface area contributed by atoms with Crippen molar-refractivity contribution in [3.05, 3.63) is 40.2 Å². The van der Waals surface area contributed by atoms with Crippen molar-refractivity contribution < 1.29 is 19.8 Å². The van der Waals surface area contributed by atoms with Gasteiger partial charge in [0.2, 0.25) is 0 Å². The topological polar surface area (TPSA) is 90.7 Å². The molecule has 0 saturated carbocycles. The number of carbonyl (C=O) groups excluding carboxylic acids is 1. The first kappa shape index (κ1) is 16.6. The third kappa shape index (κ3) is 3.05. The van der Waals surface area contributed by atoms with Crippen LogP contribution in [0, 0.1) is 6.92 Å². The van der Waals surface area contributed by atoms with Crippen molar-refractivity contribution >= 4 is 23.2 Å². The zero-order valence-corrected chi connectivity index (χ0v) is 14.0. The molecule has 24 heavy (non-hydrogen) atoms. The highest BCUT2D eigenvalue weighted by atomic mass is 32.1. The number of nitrogens with zero attached hydrogens (tertiary/aromatic N) is 2. The van der Waals surface area contributed by atoms with E-state index in [0.29, 0.717) is 11.3 Å². The molecule has 3 rings (SSSR count). The summed E-state index contributed by atoms with van der Waals surface area (Å²) in [5.74, 6) is -1.41. The maximum atomic E-state index is 12.7. The number of piperidine rings is 1. The normalized spacial score (nSPS) is 16.8. The number of aromatic nitrogens is 1. The Balaban J connectivity index is 1.75. The minimum Gasteiger partial charge on any atom is -0.479 e. The molecule has 0 aromatic carbocycles. The lowest BCUT2D eigenvalue weighted by Gasteiger charge is -2.35.